The SMILES string of the molecule is C=CC1=C(C=C)C(C)(C)C2CSC3=C(COc4ccccc43)C2N1. The number of fused-ring (bicyclic) bond motifs is 4. The summed E-state index contributed by atoms with van der Waals surface area (Å²) in [4.78, 5) is 1.40. The maximum absolute atomic E-state index is 6.06. The summed E-state index contributed by atoms with van der Waals surface area (Å²) in [7, 11) is 0. The second-order valence-corrected chi connectivity index (χ2v) is 8.17. The van der Waals surface area contributed by atoms with Gasteiger partial charge in [0.1, 0.15) is 12.4 Å². The lowest BCUT2D eigenvalue weighted by molar-refractivity contribution is 0.214. The third-order valence-corrected chi connectivity index (χ3v) is 6.92. The summed E-state index contributed by atoms with van der Waals surface area (Å²) in [6.45, 7) is 13.4. The number of ether oxygens (including phenoxy) is 1. The maximum Gasteiger partial charge on any atom is 0.128 e. The monoisotopic (exact) mass is 337 g/mol. The molecule has 0 spiro atoms. The molecule has 124 valence electrons. The molecule has 0 aliphatic carbocycles. The third kappa shape index (κ3) is 2.11. The third-order valence-electron chi connectivity index (χ3n) is 5.62. The first kappa shape index (κ1) is 15.6. The van der Waals surface area contributed by atoms with Crippen molar-refractivity contribution in [2.75, 3.05) is 12.4 Å². The molecule has 24 heavy (non-hydrogen) atoms. The highest BCUT2D eigenvalue weighted by Gasteiger charge is 2.47. The lowest BCUT2D eigenvalue weighted by Crippen LogP contribution is -2.53. The molecule has 0 aromatic heterocycles. The number of hydrogen-bond donors (Lipinski definition) is 1. The summed E-state index contributed by atoms with van der Waals surface area (Å²) in [5.74, 6) is 2.61. The topological polar surface area (TPSA) is 21.3 Å². The van der Waals surface area contributed by atoms with Gasteiger partial charge in [0.15, 0.2) is 0 Å². The molecule has 3 aliphatic rings. The van der Waals surface area contributed by atoms with Crippen molar-refractivity contribution in [1.82, 2.24) is 5.32 Å². The predicted molar refractivity (Wildman–Crippen MR) is 103 cm³/mol. The van der Waals surface area contributed by atoms with E-state index in [1.54, 1.807) is 0 Å². The summed E-state index contributed by atoms with van der Waals surface area (Å²) in [5.41, 5.74) is 5.05. The second-order valence-electron chi connectivity index (χ2n) is 7.14. The largest absolute Gasteiger partial charge is 0.488 e. The number of para-hydroxylation sites is 1. The summed E-state index contributed by atoms with van der Waals surface area (Å²) in [6.07, 6.45) is 3.91. The van der Waals surface area contributed by atoms with E-state index in [1.807, 2.05) is 30.0 Å². The van der Waals surface area contributed by atoms with Gasteiger partial charge >= 0.3 is 0 Å². The Morgan fingerprint density at radius 2 is 2.04 bits per heavy atom. The molecule has 0 radical (unpaired) electrons. The van der Waals surface area contributed by atoms with E-state index in [9.17, 15) is 0 Å². The molecule has 3 heteroatoms. The van der Waals surface area contributed by atoms with Gasteiger partial charge in [-0.1, -0.05) is 51.3 Å². The normalized spacial score (nSPS) is 27.2. The molecule has 1 aromatic rings. The van der Waals surface area contributed by atoms with Crippen LogP contribution in [0.1, 0.15) is 19.4 Å². The van der Waals surface area contributed by atoms with Crippen LogP contribution in [0.25, 0.3) is 4.91 Å². The number of thioether (sulfide) groups is 1. The number of nitrogens with one attached hydrogen (secondary N) is 1. The quantitative estimate of drug-likeness (QED) is 0.839. The molecule has 2 nitrogen and oxygen atoms in total. The standard InChI is InChI=1S/C21H23NOS/c1-5-15-17(6-2)22-19-14-11-23-18-10-8-7-9-13(18)20(14)24-12-16(19)21(15,3)4/h5-10,16,19,22H,1-2,11-12H2,3-4H3. The Bertz CT molecular complexity index is 787. The zero-order valence-electron chi connectivity index (χ0n) is 14.3. The van der Waals surface area contributed by atoms with E-state index in [4.69, 9.17) is 4.74 Å². The van der Waals surface area contributed by atoms with Gasteiger partial charge in [-0.2, -0.15) is 0 Å². The molecular weight excluding hydrogens is 314 g/mol. The highest BCUT2D eigenvalue weighted by molar-refractivity contribution is 8.08. The van der Waals surface area contributed by atoms with Crippen molar-refractivity contribution < 1.29 is 4.74 Å². The van der Waals surface area contributed by atoms with Crippen molar-refractivity contribution in [3.8, 4) is 5.75 Å². The highest BCUT2D eigenvalue weighted by Crippen LogP contribution is 2.53. The van der Waals surface area contributed by atoms with Crippen LogP contribution in [0.2, 0.25) is 0 Å². The summed E-state index contributed by atoms with van der Waals surface area (Å²) >= 11 is 1.98. The van der Waals surface area contributed by atoms with E-state index in [1.165, 1.54) is 21.6 Å². The van der Waals surface area contributed by atoms with Gasteiger partial charge in [-0.15, -0.1) is 11.8 Å². The smallest absolute Gasteiger partial charge is 0.128 e. The molecule has 0 amide bonds. The summed E-state index contributed by atoms with van der Waals surface area (Å²) in [6, 6.07) is 8.66. The van der Waals surface area contributed by atoms with Crippen molar-refractivity contribution in [3.05, 3.63) is 72.0 Å². The molecule has 2 unspecified atom stereocenters. The van der Waals surface area contributed by atoms with Crippen LogP contribution in [0.4, 0.5) is 0 Å². The van der Waals surface area contributed by atoms with E-state index in [-0.39, 0.29) is 5.41 Å². The Kier molecular flexibility index (Phi) is 3.65. The van der Waals surface area contributed by atoms with Crippen LogP contribution < -0.4 is 10.1 Å². The van der Waals surface area contributed by atoms with E-state index in [0.717, 1.165) is 17.2 Å². The zero-order valence-corrected chi connectivity index (χ0v) is 15.1. The van der Waals surface area contributed by atoms with Gasteiger partial charge in [0.2, 0.25) is 0 Å². The molecule has 0 saturated carbocycles. The number of hydrogen-bond acceptors (Lipinski definition) is 3. The molecule has 3 aliphatic heterocycles. The Balaban J connectivity index is 1.84. The second kappa shape index (κ2) is 5.59. The van der Waals surface area contributed by atoms with E-state index in [2.05, 4.69) is 50.5 Å². The molecule has 0 bridgehead atoms. The molecule has 2 atom stereocenters. The van der Waals surface area contributed by atoms with Gasteiger partial charge in [0.25, 0.3) is 0 Å². The maximum atomic E-state index is 6.06. The van der Waals surface area contributed by atoms with Crippen LogP contribution in [-0.4, -0.2) is 18.4 Å². The van der Waals surface area contributed by atoms with E-state index < -0.39 is 0 Å². The molecule has 3 heterocycles. The van der Waals surface area contributed by atoms with Crippen LogP contribution in [0.5, 0.6) is 5.75 Å². The summed E-state index contributed by atoms with van der Waals surface area (Å²) in [5, 5.41) is 3.73. The number of rotatable bonds is 2. The minimum absolute atomic E-state index is 0.0592. The van der Waals surface area contributed by atoms with Crippen LogP contribution in [0.15, 0.2) is 66.4 Å². The van der Waals surface area contributed by atoms with Gasteiger partial charge in [-0.05, 0) is 23.1 Å². The van der Waals surface area contributed by atoms with Gasteiger partial charge < -0.3 is 10.1 Å². The van der Waals surface area contributed by atoms with Gasteiger partial charge in [-0.25, -0.2) is 0 Å². The average Bonchev–Trinajstić information content (AvgIpc) is 2.60. The molecule has 0 saturated heterocycles. The molecular formula is C21H23NOS. The minimum atomic E-state index is 0.0592. The van der Waals surface area contributed by atoms with Crippen molar-refractivity contribution in [3.63, 3.8) is 0 Å². The van der Waals surface area contributed by atoms with Crippen LogP contribution in [-0.2, 0) is 0 Å². The Morgan fingerprint density at radius 1 is 1.25 bits per heavy atom. The average molecular weight is 337 g/mol. The van der Waals surface area contributed by atoms with E-state index >= 15 is 0 Å². The first-order valence-electron chi connectivity index (χ1n) is 8.42. The lowest BCUT2D eigenvalue weighted by Gasteiger charge is -2.50. The fourth-order valence-corrected chi connectivity index (χ4v) is 5.89. The fourth-order valence-electron chi connectivity index (χ4n) is 4.23. The van der Waals surface area contributed by atoms with Gasteiger partial charge in [0.05, 0.1) is 6.04 Å². The Labute approximate surface area is 148 Å². The number of allylic oxidation sites excluding steroid dienone is 3. The van der Waals surface area contributed by atoms with Gasteiger partial charge in [-0.3, -0.25) is 0 Å². The highest BCUT2D eigenvalue weighted by atomic mass is 32.2. The van der Waals surface area contributed by atoms with Crippen LogP contribution in [0, 0.1) is 11.3 Å². The molecule has 4 rings (SSSR count). The van der Waals surface area contributed by atoms with Crippen LogP contribution >= 0.6 is 11.8 Å². The van der Waals surface area contributed by atoms with Crippen molar-refractivity contribution in [1.29, 1.82) is 0 Å². The lowest BCUT2D eigenvalue weighted by atomic mass is 9.65. The first-order chi connectivity index (χ1) is 11.6. The van der Waals surface area contributed by atoms with Crippen molar-refractivity contribution in [2.24, 2.45) is 11.3 Å². The molecule has 1 aromatic carbocycles. The molecule has 0 fully saturated rings. The summed E-state index contributed by atoms with van der Waals surface area (Å²) < 4.78 is 6.06. The van der Waals surface area contributed by atoms with Crippen molar-refractivity contribution >= 4 is 16.7 Å². The van der Waals surface area contributed by atoms with E-state index in [0.29, 0.717) is 18.6 Å². The first-order valence-corrected chi connectivity index (χ1v) is 9.40. The van der Waals surface area contributed by atoms with Crippen molar-refractivity contribution in [2.45, 2.75) is 19.9 Å². The Hall–Kier alpha value is -1.87. The number of benzene rings is 1. The predicted octanol–water partition coefficient (Wildman–Crippen LogP) is 4.78. The fraction of sp³-hybridized carbons (Fsp3) is 0.333. The van der Waals surface area contributed by atoms with Crippen LogP contribution in [0.3, 0.4) is 0 Å². The Morgan fingerprint density at radius 3 is 2.79 bits per heavy atom. The zero-order chi connectivity index (χ0) is 16.9. The molecule has 1 N–H and O–H groups in total. The minimum Gasteiger partial charge on any atom is -0.488 e. The van der Waals surface area contributed by atoms with Gasteiger partial charge in [0, 0.05) is 33.4 Å².